The molecular weight excluding hydrogens is 392 g/mol. The van der Waals surface area contributed by atoms with E-state index in [1.807, 2.05) is 17.5 Å². The number of hydrogen-bond donors (Lipinski definition) is 2. The van der Waals surface area contributed by atoms with Crippen molar-refractivity contribution in [2.24, 2.45) is 0 Å². The van der Waals surface area contributed by atoms with E-state index >= 15 is 0 Å². The second-order valence-corrected chi connectivity index (χ2v) is 8.21. The van der Waals surface area contributed by atoms with E-state index in [0.717, 1.165) is 4.88 Å². The van der Waals surface area contributed by atoms with Gasteiger partial charge in [-0.15, -0.1) is 23.1 Å². The second-order valence-electron chi connectivity index (χ2n) is 6.18. The van der Waals surface area contributed by atoms with Crippen LogP contribution in [-0.2, 0) is 30.3 Å². The zero-order chi connectivity index (χ0) is 19.7. The predicted molar refractivity (Wildman–Crippen MR) is 98.9 cm³/mol. The summed E-state index contributed by atoms with van der Waals surface area (Å²) >= 11 is 2.69. The summed E-state index contributed by atoms with van der Waals surface area (Å²) in [5, 5.41) is 15.3. The van der Waals surface area contributed by atoms with Crippen LogP contribution >= 0.6 is 23.1 Å². The number of esters is 1. The van der Waals surface area contributed by atoms with Gasteiger partial charge in [0.1, 0.15) is 17.5 Å². The molecule has 0 radical (unpaired) electrons. The summed E-state index contributed by atoms with van der Waals surface area (Å²) < 4.78 is 5.07. The van der Waals surface area contributed by atoms with Crippen LogP contribution in [0, 0.1) is 0 Å². The summed E-state index contributed by atoms with van der Waals surface area (Å²) in [6, 6.07) is 1.68. The van der Waals surface area contributed by atoms with Gasteiger partial charge < -0.3 is 20.1 Å². The molecule has 1 saturated heterocycles. The van der Waals surface area contributed by atoms with Crippen molar-refractivity contribution >= 4 is 46.9 Å². The number of carboxylic acids is 1. The number of fused-ring (bicyclic) bond motifs is 1. The van der Waals surface area contributed by atoms with Crippen molar-refractivity contribution in [1.29, 1.82) is 0 Å². The Morgan fingerprint density at radius 2 is 2.15 bits per heavy atom. The molecule has 4 atom stereocenters. The summed E-state index contributed by atoms with van der Waals surface area (Å²) in [6.07, 6.45) is -0.594. The largest absolute Gasteiger partial charge is 0.479 e. The zero-order valence-electron chi connectivity index (χ0n) is 14.6. The van der Waals surface area contributed by atoms with Crippen molar-refractivity contribution in [3.63, 3.8) is 0 Å². The maximum Gasteiger partial charge on any atom is 0.330 e. The first kappa shape index (κ1) is 19.4. The Labute approximate surface area is 163 Å². The fourth-order valence-electron chi connectivity index (χ4n) is 3.10. The first-order chi connectivity index (χ1) is 12.8. The highest BCUT2D eigenvalue weighted by molar-refractivity contribution is 8.03. The molecule has 0 bridgehead atoms. The lowest BCUT2D eigenvalue weighted by molar-refractivity contribution is -0.161. The number of nitrogens with one attached hydrogen (secondary N) is 1. The number of hydrogen-bond acceptors (Lipinski definition) is 7. The highest BCUT2D eigenvalue weighted by atomic mass is 32.2. The average molecular weight is 410 g/mol. The first-order valence-electron chi connectivity index (χ1n) is 8.19. The molecule has 0 aromatic carbocycles. The fourth-order valence-corrected chi connectivity index (χ4v) is 5.12. The first-order valence-corrected chi connectivity index (χ1v) is 10.0. The molecule has 144 valence electrons. The van der Waals surface area contributed by atoms with Crippen LogP contribution in [0.25, 0.3) is 0 Å². The van der Waals surface area contributed by atoms with Crippen LogP contribution in [0.3, 0.4) is 0 Å². The Kier molecular flexibility index (Phi) is 5.56. The van der Waals surface area contributed by atoms with Crippen molar-refractivity contribution in [3.05, 3.63) is 33.4 Å². The monoisotopic (exact) mass is 410 g/mol. The van der Waals surface area contributed by atoms with Gasteiger partial charge in [0.25, 0.3) is 0 Å². The van der Waals surface area contributed by atoms with E-state index in [9.17, 15) is 24.3 Å². The van der Waals surface area contributed by atoms with Gasteiger partial charge in [0, 0.05) is 17.4 Å². The molecule has 2 aliphatic rings. The van der Waals surface area contributed by atoms with E-state index in [-0.39, 0.29) is 12.3 Å². The number of aliphatic carboxylic acids is 1. The standard InChI is InChI=1S/C17H18N2O6S2/c1-8(25-9(2)20)11-7-27-16-13(15(22)19(16)14(11)17(23)24)18-12(21)6-10-4-3-5-26-10/h3-5,7-8,13-14,16H,6H2,1-2H3,(H,18,21)(H,23,24)/t8?,13?,14?,16-/m0/s1. The van der Waals surface area contributed by atoms with Crippen molar-refractivity contribution in [3.8, 4) is 0 Å². The molecule has 3 rings (SSSR count). The Balaban J connectivity index is 1.72. The van der Waals surface area contributed by atoms with Gasteiger partial charge in [-0.25, -0.2) is 4.79 Å². The number of β-lactam (4-membered cyclic amide) rings is 1. The molecule has 8 nitrogen and oxygen atoms in total. The molecule has 1 aromatic heterocycles. The number of nitrogens with zero attached hydrogens (tertiary/aromatic N) is 1. The molecule has 0 spiro atoms. The van der Waals surface area contributed by atoms with Gasteiger partial charge in [0.05, 0.1) is 6.42 Å². The Bertz CT molecular complexity index is 806. The molecule has 27 heavy (non-hydrogen) atoms. The number of carbonyl (C=O) groups excluding carboxylic acids is 3. The van der Waals surface area contributed by atoms with E-state index in [1.54, 1.807) is 12.3 Å². The van der Waals surface area contributed by atoms with E-state index in [4.69, 9.17) is 4.74 Å². The molecule has 3 unspecified atom stereocenters. The Morgan fingerprint density at radius 3 is 2.74 bits per heavy atom. The van der Waals surface area contributed by atoms with Crippen LogP contribution in [0.4, 0.5) is 0 Å². The Hall–Kier alpha value is -2.33. The number of carboxylic acid groups (broad SMARTS) is 1. The third-order valence-corrected chi connectivity index (χ3v) is 6.36. The van der Waals surface area contributed by atoms with Gasteiger partial charge in [-0.3, -0.25) is 14.4 Å². The van der Waals surface area contributed by atoms with Crippen molar-refractivity contribution in [1.82, 2.24) is 10.2 Å². The molecular formula is C17H18N2O6S2. The van der Waals surface area contributed by atoms with Crippen molar-refractivity contribution in [2.45, 2.75) is 43.8 Å². The smallest absolute Gasteiger partial charge is 0.330 e. The summed E-state index contributed by atoms with van der Waals surface area (Å²) in [5.41, 5.74) is 0.329. The number of rotatable bonds is 6. The molecule has 0 aliphatic carbocycles. The predicted octanol–water partition coefficient (Wildman–Crippen LogP) is 0.979. The summed E-state index contributed by atoms with van der Waals surface area (Å²) in [5.74, 6) is -2.48. The fraction of sp³-hybridized carbons (Fsp3) is 0.412. The third kappa shape index (κ3) is 3.86. The van der Waals surface area contributed by atoms with Gasteiger partial charge in [-0.05, 0) is 23.8 Å². The molecule has 2 amide bonds. The molecule has 1 fully saturated rings. The average Bonchev–Trinajstić information content (AvgIpc) is 3.10. The minimum atomic E-state index is -1.22. The van der Waals surface area contributed by atoms with Gasteiger partial charge in [-0.2, -0.15) is 0 Å². The van der Waals surface area contributed by atoms with E-state index in [2.05, 4.69) is 5.32 Å². The maximum atomic E-state index is 12.5. The van der Waals surface area contributed by atoms with E-state index < -0.39 is 41.4 Å². The summed E-state index contributed by atoms with van der Waals surface area (Å²) in [7, 11) is 0. The minimum Gasteiger partial charge on any atom is -0.479 e. The molecule has 3 heterocycles. The van der Waals surface area contributed by atoms with Crippen molar-refractivity contribution < 1.29 is 29.0 Å². The van der Waals surface area contributed by atoms with Gasteiger partial charge in [0.2, 0.25) is 11.8 Å². The highest BCUT2D eigenvalue weighted by Gasteiger charge is 2.56. The second kappa shape index (κ2) is 7.73. The molecule has 0 saturated carbocycles. The van der Waals surface area contributed by atoms with E-state index in [1.165, 1.54) is 34.9 Å². The van der Waals surface area contributed by atoms with Crippen LogP contribution in [0.2, 0.25) is 0 Å². The van der Waals surface area contributed by atoms with Gasteiger partial charge >= 0.3 is 11.9 Å². The van der Waals surface area contributed by atoms with Crippen LogP contribution in [0.1, 0.15) is 18.7 Å². The van der Waals surface area contributed by atoms with Crippen LogP contribution in [0.15, 0.2) is 28.5 Å². The van der Waals surface area contributed by atoms with Crippen LogP contribution in [-0.4, -0.2) is 57.3 Å². The normalized spacial score (nSPS) is 25.0. The number of carbonyl (C=O) groups is 4. The molecule has 2 aliphatic heterocycles. The molecule has 1 aromatic rings. The zero-order valence-corrected chi connectivity index (χ0v) is 16.2. The topological polar surface area (TPSA) is 113 Å². The quantitative estimate of drug-likeness (QED) is 0.531. The van der Waals surface area contributed by atoms with Crippen molar-refractivity contribution in [2.75, 3.05) is 0 Å². The number of thioether (sulfide) groups is 1. The SMILES string of the molecule is CC(=O)OC(C)C1=CS[C@H]2C(NC(=O)Cc3cccs3)C(=O)N2C1C(=O)O. The van der Waals surface area contributed by atoms with Crippen LogP contribution < -0.4 is 5.32 Å². The maximum absolute atomic E-state index is 12.5. The summed E-state index contributed by atoms with van der Waals surface area (Å²) in [4.78, 5) is 49.7. The highest BCUT2D eigenvalue weighted by Crippen LogP contribution is 2.41. The number of thiophene rings is 1. The van der Waals surface area contributed by atoms with Crippen LogP contribution in [0.5, 0.6) is 0 Å². The molecule has 2 N–H and O–H groups in total. The summed E-state index contributed by atoms with van der Waals surface area (Å²) in [6.45, 7) is 2.80. The minimum absolute atomic E-state index is 0.172. The lowest BCUT2D eigenvalue weighted by atomic mass is 9.95. The lowest BCUT2D eigenvalue weighted by Gasteiger charge is -2.51. The van der Waals surface area contributed by atoms with Gasteiger partial charge in [-0.1, -0.05) is 6.07 Å². The third-order valence-electron chi connectivity index (χ3n) is 4.29. The molecule has 10 heteroatoms. The Morgan fingerprint density at radius 1 is 1.41 bits per heavy atom. The van der Waals surface area contributed by atoms with Gasteiger partial charge in [0.15, 0.2) is 6.04 Å². The number of amides is 2. The lowest BCUT2D eigenvalue weighted by Crippen LogP contribution is -2.74. The number of ether oxygens (including phenoxy) is 1. The van der Waals surface area contributed by atoms with E-state index in [0.29, 0.717) is 5.57 Å².